The van der Waals surface area contributed by atoms with Crippen LogP contribution < -0.4 is 4.74 Å². The van der Waals surface area contributed by atoms with Crippen molar-refractivity contribution in [3.63, 3.8) is 0 Å². The lowest BCUT2D eigenvalue weighted by Crippen LogP contribution is -1.97. The predicted octanol–water partition coefficient (Wildman–Crippen LogP) is 6.84. The Balaban J connectivity index is 1.50. The number of para-hydroxylation sites is 1. The Morgan fingerprint density at radius 1 is 0.788 bits per heavy atom. The van der Waals surface area contributed by atoms with Gasteiger partial charge in [-0.25, -0.2) is 9.97 Å². The summed E-state index contributed by atoms with van der Waals surface area (Å²) in [7, 11) is 0. The van der Waals surface area contributed by atoms with Crippen LogP contribution in [0.25, 0.3) is 38.5 Å². The normalized spacial score (nSPS) is 11.5. The minimum absolute atomic E-state index is 0.150. The standard InChI is InChI=1S/C28H21N3O2/c1-17-7-11-26(29-16-17)31-23-6-4-3-5-21(23)22-10-9-20(15-24(22)31)33-27-12-8-19-13-18(2)14-25(32)28(19)30-27/h3-16,32H,1-2H3. The molecule has 0 radical (unpaired) electrons. The molecule has 1 N–H and O–H groups in total. The lowest BCUT2D eigenvalue weighted by atomic mass is 10.1. The zero-order chi connectivity index (χ0) is 22.5. The van der Waals surface area contributed by atoms with E-state index in [0.29, 0.717) is 17.1 Å². The number of hydrogen-bond acceptors (Lipinski definition) is 4. The van der Waals surface area contributed by atoms with Crippen molar-refractivity contribution in [2.24, 2.45) is 0 Å². The molecular formula is C28H21N3O2. The highest BCUT2D eigenvalue weighted by Crippen LogP contribution is 2.35. The number of benzene rings is 3. The van der Waals surface area contributed by atoms with Gasteiger partial charge in [0.2, 0.25) is 5.88 Å². The van der Waals surface area contributed by atoms with Crippen LogP contribution in [0.5, 0.6) is 17.4 Å². The van der Waals surface area contributed by atoms with Gasteiger partial charge in [0.05, 0.1) is 11.0 Å². The van der Waals surface area contributed by atoms with E-state index in [9.17, 15) is 5.11 Å². The van der Waals surface area contributed by atoms with Gasteiger partial charge < -0.3 is 9.84 Å². The Morgan fingerprint density at radius 3 is 2.48 bits per heavy atom. The molecule has 0 aliphatic heterocycles. The summed E-state index contributed by atoms with van der Waals surface area (Å²) in [6.45, 7) is 3.98. The Hall–Kier alpha value is -4.38. The molecule has 0 saturated carbocycles. The summed E-state index contributed by atoms with van der Waals surface area (Å²) in [4.78, 5) is 9.20. The number of ether oxygens (including phenoxy) is 1. The molecule has 5 nitrogen and oxygen atoms in total. The molecule has 0 bridgehead atoms. The number of phenolic OH excluding ortho intramolecular Hbond substituents is 1. The first-order chi connectivity index (χ1) is 16.1. The van der Waals surface area contributed by atoms with E-state index in [4.69, 9.17) is 4.74 Å². The molecule has 5 heteroatoms. The van der Waals surface area contributed by atoms with Crippen molar-refractivity contribution in [3.8, 4) is 23.2 Å². The highest BCUT2D eigenvalue weighted by atomic mass is 16.5. The molecule has 0 amide bonds. The highest BCUT2D eigenvalue weighted by Gasteiger charge is 2.14. The Labute approximate surface area is 190 Å². The fourth-order valence-corrected chi connectivity index (χ4v) is 4.38. The van der Waals surface area contributed by atoms with E-state index < -0.39 is 0 Å². The van der Waals surface area contributed by atoms with Gasteiger partial charge in [0, 0.05) is 34.5 Å². The first kappa shape index (κ1) is 19.3. The largest absolute Gasteiger partial charge is 0.506 e. The molecule has 0 atom stereocenters. The van der Waals surface area contributed by atoms with Gasteiger partial charge in [-0.1, -0.05) is 24.3 Å². The van der Waals surface area contributed by atoms with Crippen molar-refractivity contribution in [1.29, 1.82) is 0 Å². The Kier molecular flexibility index (Phi) is 4.30. The van der Waals surface area contributed by atoms with Crippen LogP contribution in [0.2, 0.25) is 0 Å². The zero-order valence-corrected chi connectivity index (χ0v) is 18.3. The molecule has 6 aromatic rings. The minimum Gasteiger partial charge on any atom is -0.506 e. The Bertz CT molecular complexity index is 1670. The fraction of sp³-hybridized carbons (Fsp3) is 0.0714. The molecule has 3 aromatic carbocycles. The number of nitrogens with zero attached hydrogens (tertiary/aromatic N) is 3. The van der Waals surface area contributed by atoms with Crippen LogP contribution >= 0.6 is 0 Å². The number of aromatic nitrogens is 3. The van der Waals surface area contributed by atoms with E-state index in [1.807, 2.05) is 68.6 Å². The van der Waals surface area contributed by atoms with Gasteiger partial charge in [-0.2, -0.15) is 0 Å². The van der Waals surface area contributed by atoms with E-state index in [1.165, 1.54) is 0 Å². The molecule has 0 spiro atoms. The van der Waals surface area contributed by atoms with Gasteiger partial charge in [-0.05, 0) is 67.4 Å². The molecule has 33 heavy (non-hydrogen) atoms. The molecule has 160 valence electrons. The first-order valence-electron chi connectivity index (χ1n) is 10.8. The summed E-state index contributed by atoms with van der Waals surface area (Å²) < 4.78 is 8.28. The van der Waals surface area contributed by atoms with Crippen molar-refractivity contribution in [3.05, 3.63) is 96.2 Å². The topological polar surface area (TPSA) is 60.2 Å². The van der Waals surface area contributed by atoms with E-state index in [2.05, 4.69) is 38.8 Å². The lowest BCUT2D eigenvalue weighted by Gasteiger charge is -2.10. The summed E-state index contributed by atoms with van der Waals surface area (Å²) in [5.74, 6) is 2.10. The summed E-state index contributed by atoms with van der Waals surface area (Å²) in [5, 5.41) is 13.5. The van der Waals surface area contributed by atoms with Crippen LogP contribution in [0.15, 0.2) is 85.1 Å². The molecule has 0 aliphatic rings. The third-order valence-electron chi connectivity index (χ3n) is 5.88. The number of pyridine rings is 2. The average Bonchev–Trinajstić information content (AvgIpc) is 3.14. The van der Waals surface area contributed by atoms with Crippen LogP contribution in [-0.4, -0.2) is 19.6 Å². The third-order valence-corrected chi connectivity index (χ3v) is 5.88. The fourth-order valence-electron chi connectivity index (χ4n) is 4.38. The molecular weight excluding hydrogens is 410 g/mol. The maximum Gasteiger partial charge on any atom is 0.219 e. The monoisotopic (exact) mass is 431 g/mol. The van der Waals surface area contributed by atoms with Crippen LogP contribution in [0, 0.1) is 13.8 Å². The van der Waals surface area contributed by atoms with Gasteiger partial charge in [0.15, 0.2) is 0 Å². The molecule has 3 aromatic heterocycles. The van der Waals surface area contributed by atoms with Crippen molar-refractivity contribution >= 4 is 32.7 Å². The molecule has 0 aliphatic carbocycles. The predicted molar refractivity (Wildman–Crippen MR) is 132 cm³/mol. The SMILES string of the molecule is Cc1ccc(-n2c3ccccc3c3ccc(Oc4ccc5cc(C)cc(O)c5n4)cc32)nc1. The van der Waals surface area contributed by atoms with Gasteiger partial charge in [0.25, 0.3) is 0 Å². The maximum absolute atomic E-state index is 10.3. The molecule has 0 fully saturated rings. The number of aromatic hydroxyl groups is 1. The summed E-state index contributed by atoms with van der Waals surface area (Å²) in [6, 6.07) is 25.9. The second-order valence-corrected chi connectivity index (χ2v) is 8.33. The first-order valence-corrected chi connectivity index (χ1v) is 10.8. The van der Waals surface area contributed by atoms with E-state index in [1.54, 1.807) is 6.07 Å². The molecule has 0 saturated heterocycles. The molecule has 0 unspecified atom stereocenters. The second kappa shape index (κ2) is 7.35. The number of aryl methyl sites for hydroxylation is 2. The average molecular weight is 431 g/mol. The zero-order valence-electron chi connectivity index (χ0n) is 18.3. The van der Waals surface area contributed by atoms with Crippen LogP contribution in [0.1, 0.15) is 11.1 Å². The van der Waals surface area contributed by atoms with Crippen LogP contribution in [0.3, 0.4) is 0 Å². The highest BCUT2D eigenvalue weighted by molar-refractivity contribution is 6.09. The summed E-state index contributed by atoms with van der Waals surface area (Å²) >= 11 is 0. The van der Waals surface area contributed by atoms with Crippen molar-refractivity contribution in [2.75, 3.05) is 0 Å². The van der Waals surface area contributed by atoms with Gasteiger partial charge in [-0.15, -0.1) is 0 Å². The molecule has 6 rings (SSSR count). The van der Waals surface area contributed by atoms with E-state index in [0.717, 1.165) is 44.1 Å². The molecule has 3 heterocycles. The summed E-state index contributed by atoms with van der Waals surface area (Å²) in [5.41, 5.74) is 4.72. The lowest BCUT2D eigenvalue weighted by molar-refractivity contribution is 0.460. The van der Waals surface area contributed by atoms with Gasteiger partial charge in [-0.3, -0.25) is 4.57 Å². The third kappa shape index (κ3) is 3.26. The van der Waals surface area contributed by atoms with Crippen molar-refractivity contribution in [1.82, 2.24) is 14.5 Å². The number of fused-ring (bicyclic) bond motifs is 4. The van der Waals surface area contributed by atoms with Crippen molar-refractivity contribution in [2.45, 2.75) is 13.8 Å². The van der Waals surface area contributed by atoms with Crippen LogP contribution in [0.4, 0.5) is 0 Å². The van der Waals surface area contributed by atoms with Crippen molar-refractivity contribution < 1.29 is 9.84 Å². The number of rotatable bonds is 3. The Morgan fingerprint density at radius 2 is 1.64 bits per heavy atom. The minimum atomic E-state index is 0.150. The van der Waals surface area contributed by atoms with Crippen LogP contribution in [-0.2, 0) is 0 Å². The number of hydrogen-bond donors (Lipinski definition) is 1. The smallest absolute Gasteiger partial charge is 0.219 e. The second-order valence-electron chi connectivity index (χ2n) is 8.33. The quantitative estimate of drug-likeness (QED) is 0.333. The van der Waals surface area contributed by atoms with E-state index in [-0.39, 0.29) is 5.75 Å². The van der Waals surface area contributed by atoms with E-state index >= 15 is 0 Å². The van der Waals surface area contributed by atoms with Gasteiger partial charge in [0.1, 0.15) is 22.8 Å². The summed E-state index contributed by atoms with van der Waals surface area (Å²) in [6.07, 6.45) is 1.88. The number of phenols is 1. The van der Waals surface area contributed by atoms with Gasteiger partial charge >= 0.3 is 0 Å². The maximum atomic E-state index is 10.3.